The smallest absolute Gasteiger partial charge is 0.309 e. The summed E-state index contributed by atoms with van der Waals surface area (Å²) in [4.78, 5) is 19.3. The molecule has 2 aromatic rings. The molecule has 1 atom stereocenters. The first kappa shape index (κ1) is 25.9. The van der Waals surface area contributed by atoms with Gasteiger partial charge in [-0.05, 0) is 87.0 Å². The number of aliphatic hydroxyl groups excluding tert-OH is 1. The average molecular weight is 484 g/mol. The summed E-state index contributed by atoms with van der Waals surface area (Å²) in [5, 5.41) is 22.3. The second-order valence-electron chi connectivity index (χ2n) is 10.6. The van der Waals surface area contributed by atoms with Gasteiger partial charge in [0.1, 0.15) is 5.75 Å². The van der Waals surface area contributed by atoms with Crippen molar-refractivity contribution in [3.63, 3.8) is 0 Å². The van der Waals surface area contributed by atoms with Gasteiger partial charge in [-0.1, -0.05) is 32.1 Å². The summed E-state index contributed by atoms with van der Waals surface area (Å²) in [6.45, 7) is 2.97. The molecule has 7 heteroatoms. The molecule has 2 heterocycles. The van der Waals surface area contributed by atoms with Crippen molar-refractivity contribution >= 4 is 16.9 Å². The van der Waals surface area contributed by atoms with Gasteiger partial charge in [-0.25, -0.2) is 0 Å². The summed E-state index contributed by atoms with van der Waals surface area (Å²) >= 11 is 0. The average Bonchev–Trinajstić information content (AvgIpc) is 2.90. The second kappa shape index (κ2) is 11.7. The molecule has 1 aliphatic carbocycles. The lowest BCUT2D eigenvalue weighted by atomic mass is 9.73. The maximum Gasteiger partial charge on any atom is 0.309 e. The molecule has 192 valence electrons. The normalized spacial score (nSPS) is 20.1. The van der Waals surface area contributed by atoms with Crippen LogP contribution in [-0.4, -0.2) is 52.8 Å². The highest BCUT2D eigenvalue weighted by Gasteiger charge is 2.41. The van der Waals surface area contributed by atoms with E-state index in [-0.39, 0.29) is 6.54 Å². The second-order valence-corrected chi connectivity index (χ2v) is 10.6. The molecule has 2 fully saturated rings. The zero-order valence-corrected chi connectivity index (χ0v) is 21.0. The van der Waals surface area contributed by atoms with Crippen LogP contribution in [0.1, 0.15) is 81.4 Å². The van der Waals surface area contributed by atoms with E-state index in [4.69, 9.17) is 10.5 Å². The van der Waals surface area contributed by atoms with E-state index in [2.05, 4.69) is 9.88 Å². The Kier molecular flexibility index (Phi) is 8.63. The van der Waals surface area contributed by atoms with Crippen LogP contribution in [0.5, 0.6) is 5.75 Å². The van der Waals surface area contributed by atoms with Gasteiger partial charge in [0, 0.05) is 18.1 Å². The third-order valence-electron chi connectivity index (χ3n) is 8.49. The zero-order valence-electron chi connectivity index (χ0n) is 21.0. The Bertz CT molecular complexity index is 992. The number of carbonyl (C=O) groups is 1. The fraction of sp³-hybridized carbons (Fsp3) is 0.643. The van der Waals surface area contributed by atoms with E-state index in [0.717, 1.165) is 47.6 Å². The minimum atomic E-state index is -0.813. The third kappa shape index (κ3) is 5.96. The first-order valence-corrected chi connectivity index (χ1v) is 13.2. The number of aliphatic hydroxyl groups is 1. The molecule has 2 aliphatic rings. The lowest BCUT2D eigenvalue weighted by Gasteiger charge is -2.40. The molecule has 0 amide bonds. The fourth-order valence-corrected chi connectivity index (χ4v) is 6.09. The van der Waals surface area contributed by atoms with Crippen LogP contribution in [0.3, 0.4) is 0 Å². The van der Waals surface area contributed by atoms with Crippen LogP contribution in [0.15, 0.2) is 24.4 Å². The van der Waals surface area contributed by atoms with Crippen molar-refractivity contribution in [2.45, 2.75) is 76.9 Å². The van der Waals surface area contributed by atoms with Crippen molar-refractivity contribution < 1.29 is 19.7 Å². The Labute approximate surface area is 208 Å². The number of carboxylic acid groups (broad SMARTS) is 1. The number of aliphatic carboxylic acids is 1. The number of methoxy groups -OCH3 is 1. The van der Waals surface area contributed by atoms with Gasteiger partial charge < -0.3 is 25.6 Å². The maximum absolute atomic E-state index is 12.4. The third-order valence-corrected chi connectivity index (χ3v) is 8.49. The number of benzene rings is 1. The van der Waals surface area contributed by atoms with Crippen molar-refractivity contribution in [3.05, 3.63) is 35.5 Å². The lowest BCUT2D eigenvalue weighted by molar-refractivity contribution is -0.153. The fourth-order valence-electron chi connectivity index (χ4n) is 6.09. The van der Waals surface area contributed by atoms with Crippen molar-refractivity contribution in [2.24, 2.45) is 17.1 Å². The van der Waals surface area contributed by atoms with Crippen LogP contribution in [0.25, 0.3) is 10.9 Å². The number of nitrogens with two attached hydrogens (primary N) is 1. The number of piperidine rings is 1. The largest absolute Gasteiger partial charge is 0.497 e. The van der Waals surface area contributed by atoms with Gasteiger partial charge in [0.15, 0.2) is 0 Å². The van der Waals surface area contributed by atoms with Crippen molar-refractivity contribution in [3.8, 4) is 5.75 Å². The van der Waals surface area contributed by atoms with Crippen LogP contribution < -0.4 is 10.5 Å². The number of nitrogens with zero attached hydrogens (tertiary/aromatic N) is 2. The van der Waals surface area contributed by atoms with Gasteiger partial charge in [0.05, 0.1) is 24.1 Å². The number of hydrogen-bond donors (Lipinski definition) is 3. The van der Waals surface area contributed by atoms with Gasteiger partial charge in [0.2, 0.25) is 0 Å². The van der Waals surface area contributed by atoms with Crippen molar-refractivity contribution in [1.82, 2.24) is 9.88 Å². The summed E-state index contributed by atoms with van der Waals surface area (Å²) < 4.78 is 5.38. The van der Waals surface area contributed by atoms with E-state index in [1.807, 2.05) is 18.2 Å². The number of aromatic nitrogens is 1. The summed E-state index contributed by atoms with van der Waals surface area (Å²) in [5.41, 5.74) is 7.47. The number of carboxylic acids is 1. The number of rotatable bonds is 10. The topological polar surface area (TPSA) is 109 Å². The molecule has 1 saturated heterocycles. The lowest BCUT2D eigenvalue weighted by Crippen LogP contribution is -2.45. The molecule has 1 unspecified atom stereocenters. The van der Waals surface area contributed by atoms with Crippen LogP contribution in [0.4, 0.5) is 0 Å². The molecule has 1 saturated carbocycles. The van der Waals surface area contributed by atoms with Crippen LogP contribution in [-0.2, 0) is 11.3 Å². The van der Waals surface area contributed by atoms with Crippen molar-refractivity contribution in [2.75, 3.05) is 26.7 Å². The Morgan fingerprint density at radius 3 is 2.66 bits per heavy atom. The number of likely N-dealkylation sites (tertiary alicyclic amines) is 1. The van der Waals surface area contributed by atoms with E-state index < -0.39 is 17.5 Å². The summed E-state index contributed by atoms with van der Waals surface area (Å²) in [6, 6.07) is 5.58. The Balaban J connectivity index is 1.42. The van der Waals surface area contributed by atoms with E-state index in [9.17, 15) is 15.0 Å². The molecule has 7 nitrogen and oxygen atoms in total. The first-order chi connectivity index (χ1) is 17.0. The minimum absolute atomic E-state index is 0.257. The highest BCUT2D eigenvalue weighted by Crippen LogP contribution is 2.40. The number of fused-ring (bicyclic) bond motifs is 1. The Morgan fingerprint density at radius 2 is 2.00 bits per heavy atom. The molecular weight excluding hydrogens is 442 g/mol. The van der Waals surface area contributed by atoms with E-state index >= 15 is 0 Å². The summed E-state index contributed by atoms with van der Waals surface area (Å²) in [5.74, 6) is 0.789. The highest BCUT2D eigenvalue weighted by molar-refractivity contribution is 5.85. The zero-order chi connectivity index (χ0) is 24.8. The number of pyridine rings is 1. The van der Waals surface area contributed by atoms with Crippen LogP contribution in [0.2, 0.25) is 0 Å². The quantitative estimate of drug-likeness (QED) is 0.451. The standard InChI is InChI=1S/C28H41N3O4/c1-35-22-7-8-24-23(17-22)26(21(18-29)19-30-24)25(32)9-11-28(27(33)34)12-15-31(16-13-28)14-10-20-5-3-2-4-6-20/h7-8,17,19-20,25,32H,2-6,9-16,18,29H2,1H3,(H,33,34). The van der Waals surface area contributed by atoms with Gasteiger partial charge in [0.25, 0.3) is 0 Å². The molecule has 4 N–H and O–H groups in total. The Morgan fingerprint density at radius 1 is 1.26 bits per heavy atom. The molecule has 1 aromatic heterocycles. The predicted molar refractivity (Wildman–Crippen MR) is 137 cm³/mol. The summed E-state index contributed by atoms with van der Waals surface area (Å²) in [6.07, 6.45) is 11.0. The predicted octanol–water partition coefficient (Wildman–Crippen LogP) is 4.65. The van der Waals surface area contributed by atoms with Gasteiger partial charge in [-0.2, -0.15) is 0 Å². The monoisotopic (exact) mass is 483 g/mol. The highest BCUT2D eigenvalue weighted by atomic mass is 16.5. The molecular formula is C28H41N3O4. The molecule has 4 rings (SSSR count). The summed E-state index contributed by atoms with van der Waals surface area (Å²) in [7, 11) is 1.61. The van der Waals surface area contributed by atoms with E-state index in [1.54, 1.807) is 13.3 Å². The molecule has 0 bridgehead atoms. The number of ether oxygens (including phenoxy) is 1. The first-order valence-electron chi connectivity index (χ1n) is 13.2. The van der Waals surface area contributed by atoms with Crippen LogP contribution in [0, 0.1) is 11.3 Å². The number of hydrogen-bond acceptors (Lipinski definition) is 6. The van der Waals surface area contributed by atoms with Crippen LogP contribution >= 0.6 is 0 Å². The van der Waals surface area contributed by atoms with Gasteiger partial charge in [-0.15, -0.1) is 0 Å². The molecule has 35 heavy (non-hydrogen) atoms. The molecule has 0 spiro atoms. The molecule has 1 aromatic carbocycles. The van der Waals surface area contributed by atoms with E-state index in [1.165, 1.54) is 38.5 Å². The minimum Gasteiger partial charge on any atom is -0.497 e. The van der Waals surface area contributed by atoms with Gasteiger partial charge >= 0.3 is 5.97 Å². The molecule has 1 aliphatic heterocycles. The maximum atomic E-state index is 12.4. The Hall–Kier alpha value is -2.22. The SMILES string of the molecule is COc1ccc2ncc(CN)c(C(O)CCC3(C(=O)O)CCN(CCC4CCCCC4)CC3)c2c1. The van der Waals surface area contributed by atoms with Gasteiger partial charge in [-0.3, -0.25) is 9.78 Å². The van der Waals surface area contributed by atoms with Crippen molar-refractivity contribution in [1.29, 1.82) is 0 Å². The van der Waals surface area contributed by atoms with E-state index in [0.29, 0.717) is 31.4 Å². The molecule has 0 radical (unpaired) electrons.